The third kappa shape index (κ3) is 12.7. The number of rotatable bonds is 26. The van der Waals surface area contributed by atoms with Crippen molar-refractivity contribution in [3.63, 3.8) is 0 Å². The highest BCUT2D eigenvalue weighted by Crippen LogP contribution is 2.94. The molecule has 0 aromatic heterocycles. The first-order valence-corrected chi connectivity index (χ1v) is 34.1. The third-order valence-electron chi connectivity index (χ3n) is 14.6. The van der Waals surface area contributed by atoms with Crippen molar-refractivity contribution in [1.82, 2.24) is 5.06 Å². The van der Waals surface area contributed by atoms with Crippen molar-refractivity contribution in [1.29, 1.82) is 0 Å². The van der Waals surface area contributed by atoms with Crippen LogP contribution >= 0.6 is 21.6 Å². The van der Waals surface area contributed by atoms with Gasteiger partial charge in [0.15, 0.2) is 9.12 Å². The Labute approximate surface area is 452 Å². The second kappa shape index (κ2) is 22.9. The highest BCUT2D eigenvalue weighted by atomic mass is 33.6. The van der Waals surface area contributed by atoms with Gasteiger partial charge in [-0.3, -0.25) is 22.9 Å². The van der Waals surface area contributed by atoms with Crippen molar-refractivity contribution in [3.8, 4) is 0 Å². The van der Waals surface area contributed by atoms with Crippen molar-refractivity contribution >= 4 is 94.8 Å². The van der Waals surface area contributed by atoms with E-state index in [0.29, 0.717) is 74.3 Å². The smallest absolute Gasteiger partial charge is 0.333 e. The molecule has 0 saturated carbocycles. The van der Waals surface area contributed by atoms with Crippen LogP contribution in [0.15, 0.2) is 130 Å². The van der Waals surface area contributed by atoms with Gasteiger partial charge in [-0.2, -0.15) is 40.0 Å². The summed E-state index contributed by atoms with van der Waals surface area (Å²) in [5.74, 6) is 2.89. The molecule has 410 valence electrons. The van der Waals surface area contributed by atoms with Crippen LogP contribution in [-0.2, 0) is 72.7 Å². The van der Waals surface area contributed by atoms with Gasteiger partial charge in [0.05, 0.1) is 21.0 Å². The zero-order valence-electron chi connectivity index (χ0n) is 42.1. The number of unbranched alkanes of at least 4 members (excludes halogenated alkanes) is 3. The van der Waals surface area contributed by atoms with E-state index in [1.165, 1.54) is 18.2 Å². The van der Waals surface area contributed by atoms with Gasteiger partial charge in [-0.1, -0.05) is 73.6 Å². The second-order valence-corrected chi connectivity index (χ2v) is 33.7. The van der Waals surface area contributed by atoms with Crippen molar-refractivity contribution in [2.24, 2.45) is 5.90 Å². The van der Waals surface area contributed by atoms with E-state index in [-0.39, 0.29) is 38.9 Å². The van der Waals surface area contributed by atoms with Gasteiger partial charge >= 0.3 is 16.1 Å². The van der Waals surface area contributed by atoms with Gasteiger partial charge in [0.2, 0.25) is 5.69 Å². The number of allylic oxidation sites excluding steroid dienone is 14. The van der Waals surface area contributed by atoms with Crippen LogP contribution in [0.5, 0.6) is 0 Å². The minimum atomic E-state index is -4.55. The average Bonchev–Trinajstić information content (AvgIpc) is 4.04. The van der Waals surface area contributed by atoms with Crippen molar-refractivity contribution in [2.75, 3.05) is 23.7 Å². The van der Waals surface area contributed by atoms with Gasteiger partial charge in [-0.15, -0.1) is 5.06 Å². The summed E-state index contributed by atoms with van der Waals surface area (Å²) >= 11 is 0. The number of imide groups is 1. The molecule has 2 atom stereocenters. The average molecular weight is 1160 g/mol. The fourth-order valence-corrected chi connectivity index (χ4v) is 22.8. The maximum absolute atomic E-state index is 13.0. The van der Waals surface area contributed by atoms with Crippen molar-refractivity contribution < 1.29 is 66.6 Å². The molecule has 8 rings (SSSR count). The summed E-state index contributed by atoms with van der Waals surface area (Å²) in [6, 6.07) is 9.24. The quantitative estimate of drug-likeness (QED) is 0.00792. The second-order valence-electron chi connectivity index (χ2n) is 19.9. The monoisotopic (exact) mass is 1160 g/mol. The summed E-state index contributed by atoms with van der Waals surface area (Å²) in [5, 5.41) is 0.515. The van der Waals surface area contributed by atoms with Crippen LogP contribution in [0.2, 0.25) is 0 Å². The molecule has 3 fully saturated rings. The SMILES string of the molecule is CC1(CCCC23S[SH]2(=O)S3)C(/C=C/C=C/C=C2/N(CCCCCC(=O)ON3C(=O)CCC3=O)c3ccc(S(=O)(=O)ON)cc3C2(C)CCCCS(=O)(=O)O)=[N+](CCCC2=C/C=C\C=C/C=C\2)c2ccc(S(=O)(=O)O)cc21. The largest absolute Gasteiger partial charge is 0.344 e. The van der Waals surface area contributed by atoms with E-state index in [9.17, 15) is 53.0 Å². The molecule has 0 spiro atoms. The van der Waals surface area contributed by atoms with Crippen LogP contribution in [-0.4, -0.2) is 94.0 Å². The minimum absolute atomic E-state index is 0.0222. The Kier molecular flexibility index (Phi) is 17.3. The number of hydrogen-bond donors (Lipinski definition) is 4. The molecule has 5 heterocycles. The Morgan fingerprint density at radius 1 is 0.803 bits per heavy atom. The number of anilines is 1. The molecule has 1 aliphatic carbocycles. The van der Waals surface area contributed by atoms with Crippen LogP contribution in [0.3, 0.4) is 0 Å². The first kappa shape index (κ1) is 57.4. The molecule has 18 nitrogen and oxygen atoms in total. The fourth-order valence-electron chi connectivity index (χ4n) is 10.5. The summed E-state index contributed by atoms with van der Waals surface area (Å²) in [4.78, 5) is 43.3. The third-order valence-corrected chi connectivity index (χ3v) is 28.6. The van der Waals surface area contributed by atoms with Gasteiger partial charge in [0.1, 0.15) is 6.54 Å². The molecule has 24 heteroatoms. The predicted molar refractivity (Wildman–Crippen MR) is 295 cm³/mol. The highest BCUT2D eigenvalue weighted by Gasteiger charge is 2.80. The van der Waals surface area contributed by atoms with Crippen LogP contribution in [0.4, 0.5) is 11.4 Å². The minimum Gasteiger partial charge on any atom is -0.344 e. The van der Waals surface area contributed by atoms with Crippen molar-refractivity contribution in [2.45, 2.75) is 128 Å². The maximum Gasteiger partial charge on any atom is 0.333 e. The number of carbonyl (C=O) groups excluding carboxylic acids is 3. The fraction of sp³-hybridized carbons (Fsp3) is 0.423. The van der Waals surface area contributed by atoms with Crippen LogP contribution in [0.1, 0.15) is 115 Å². The summed E-state index contributed by atoms with van der Waals surface area (Å²) < 4.78 is 114. The van der Waals surface area contributed by atoms with Crippen LogP contribution in [0.25, 0.3) is 0 Å². The summed E-state index contributed by atoms with van der Waals surface area (Å²) in [7, 11) is -12.3. The predicted octanol–water partition coefficient (Wildman–Crippen LogP) is 8.42. The van der Waals surface area contributed by atoms with Crippen molar-refractivity contribution in [3.05, 3.63) is 132 Å². The number of fused-ring (bicyclic) bond motifs is 3. The molecule has 6 aliphatic rings. The Balaban J connectivity index is 1.12. The van der Waals surface area contributed by atoms with Gasteiger partial charge < -0.3 is 9.74 Å². The Bertz CT molecular complexity index is 3320. The number of amides is 2. The molecule has 0 radical (unpaired) electrons. The number of thiol groups is 1. The summed E-state index contributed by atoms with van der Waals surface area (Å²) in [5.41, 5.74) is 3.96. The van der Waals surface area contributed by atoms with Gasteiger partial charge in [-0.25, -0.2) is 4.79 Å². The van der Waals surface area contributed by atoms with E-state index in [1.54, 1.807) is 39.8 Å². The highest BCUT2D eigenvalue weighted by molar-refractivity contribution is 9.38. The number of hydrogen-bond acceptors (Lipinski definition) is 16. The van der Waals surface area contributed by atoms with E-state index in [4.69, 9.17) is 10.7 Å². The standard InChI is InChI=1S/C52H62N4O14S6/c1-50(30-13-15-35-73(60,61)62)42-37-40(75(66,67)70-53)25-27-44(42)54(33-14-7-12-23-49(59)69-56-47(57)28-29-48(56)58)45(50)21-10-6-11-22-46-51(2,31-17-32-52-71-76(52,68)72-52)41-36-39(74(63,64)65)24-26-43(41)55(46)34-16-20-38-18-8-4-3-5-9-19-38/h3-6,8-11,18-19,21-22,24-27,36-37,76H,7,12-17,20,23,28-35,53H2,1-2H3,(H-,60,61,62,63,64,65)/p+1/b4-3-,5-3?,8-4?,9-5-,18-8-,19-9?,38-18?,38-19+. The lowest BCUT2D eigenvalue weighted by Crippen LogP contribution is -2.32. The molecular formula is C52H63N4O14S6+. The zero-order chi connectivity index (χ0) is 54.7. The van der Waals surface area contributed by atoms with E-state index >= 15 is 0 Å². The number of carbonyl (C=O) groups is 3. The van der Waals surface area contributed by atoms with Crippen LogP contribution < -0.4 is 10.8 Å². The first-order chi connectivity index (χ1) is 35.9. The molecule has 76 heavy (non-hydrogen) atoms. The number of hydroxylamine groups is 2. The normalized spacial score (nSPS) is 26.5. The molecule has 0 bridgehead atoms. The Morgan fingerprint density at radius 2 is 1.49 bits per heavy atom. The number of nitrogens with zero attached hydrogens (tertiary/aromatic N) is 3. The molecule has 2 amide bonds. The van der Waals surface area contributed by atoms with E-state index < -0.39 is 72.7 Å². The molecule has 4 N–H and O–H groups in total. The molecule has 3 saturated heterocycles. The molecule has 2 aromatic rings. The van der Waals surface area contributed by atoms with E-state index in [0.717, 1.165) is 47.5 Å². The lowest BCUT2D eigenvalue weighted by molar-refractivity contribution is -0.438. The van der Waals surface area contributed by atoms with Crippen LogP contribution in [0, 0.1) is 0 Å². The van der Waals surface area contributed by atoms with Gasteiger partial charge in [-0.05, 0) is 134 Å². The molecule has 2 aromatic carbocycles. The molecule has 5 aliphatic heterocycles. The lowest BCUT2D eigenvalue weighted by atomic mass is 9.75. The van der Waals surface area contributed by atoms with Gasteiger partial charge in [0, 0.05) is 74.7 Å². The summed E-state index contributed by atoms with van der Waals surface area (Å²) in [6.07, 6.45) is 29.2. The maximum atomic E-state index is 13.0. The molecular weight excluding hydrogens is 1100 g/mol. The van der Waals surface area contributed by atoms with E-state index in [1.807, 2.05) is 72.6 Å². The lowest BCUT2D eigenvalue weighted by Gasteiger charge is -2.30. The van der Waals surface area contributed by atoms with Gasteiger partial charge in [0.25, 0.3) is 32.1 Å². The van der Waals surface area contributed by atoms with E-state index in [2.05, 4.69) is 27.9 Å². The number of benzene rings is 2. The Morgan fingerprint density at radius 3 is 2.18 bits per heavy atom. The summed E-state index contributed by atoms with van der Waals surface area (Å²) in [6.45, 7) is 4.97. The topological polar surface area (TPSA) is 265 Å². The molecule has 2 unspecified atom stereocenters. The first-order valence-electron chi connectivity index (χ1n) is 25.1. The zero-order valence-corrected chi connectivity index (χ0v) is 47.1. The number of nitrogens with two attached hydrogens (primary N) is 1. The Hall–Kier alpha value is -4.76.